The highest BCUT2D eigenvalue weighted by Gasteiger charge is 2.20. The Balaban J connectivity index is 2.22. The van der Waals surface area contributed by atoms with Gasteiger partial charge in [-0.2, -0.15) is 10.4 Å². The van der Waals surface area contributed by atoms with Crippen LogP contribution in [0.15, 0.2) is 39.3 Å². The molecule has 0 aliphatic rings. The number of hydrogen-bond donors (Lipinski definition) is 1. The van der Waals surface area contributed by atoms with Crippen molar-refractivity contribution in [2.45, 2.75) is 13.5 Å². The van der Waals surface area contributed by atoms with Gasteiger partial charge in [-0.05, 0) is 69.1 Å². The first kappa shape index (κ1) is 16.7. The molecule has 3 aromatic rings. The molecule has 1 heterocycles. The van der Waals surface area contributed by atoms with Crippen LogP contribution in [0.4, 0.5) is 0 Å². The van der Waals surface area contributed by atoms with E-state index in [-0.39, 0.29) is 17.2 Å². The second kappa shape index (κ2) is 6.38. The molecule has 0 unspecified atom stereocenters. The molecule has 1 N–H and O–H groups in total. The minimum absolute atomic E-state index is 0.0299. The van der Waals surface area contributed by atoms with Crippen molar-refractivity contribution >= 4 is 48.5 Å². The van der Waals surface area contributed by atoms with E-state index < -0.39 is 0 Å². The standard InChI is InChI=1S/C17H11Br2N3O2/c1-2-22-14-4-3-9(8-20)5-11(14)15(21-22)16(23)10-6-12(18)17(24)13(19)7-10/h3-7,24H,2H2,1H3. The molecule has 0 spiro atoms. The predicted octanol–water partition coefficient (Wildman–Crippen LogP) is 4.39. The zero-order chi connectivity index (χ0) is 17.4. The van der Waals surface area contributed by atoms with Gasteiger partial charge in [0.1, 0.15) is 11.4 Å². The summed E-state index contributed by atoms with van der Waals surface area (Å²) in [5.41, 5.74) is 1.95. The average molecular weight is 449 g/mol. The zero-order valence-corrected chi connectivity index (χ0v) is 15.7. The number of rotatable bonds is 3. The van der Waals surface area contributed by atoms with Crippen LogP contribution in [0.2, 0.25) is 0 Å². The Morgan fingerprint density at radius 3 is 2.54 bits per heavy atom. The van der Waals surface area contributed by atoms with Crippen molar-refractivity contribution in [2.75, 3.05) is 0 Å². The van der Waals surface area contributed by atoms with E-state index in [9.17, 15) is 9.90 Å². The number of nitriles is 1. The monoisotopic (exact) mass is 447 g/mol. The second-order valence-corrected chi connectivity index (χ2v) is 6.83. The number of hydrogen-bond acceptors (Lipinski definition) is 4. The van der Waals surface area contributed by atoms with Crippen molar-refractivity contribution in [3.8, 4) is 11.8 Å². The number of aryl methyl sites for hydroxylation is 1. The summed E-state index contributed by atoms with van der Waals surface area (Å²) in [6.07, 6.45) is 0. The summed E-state index contributed by atoms with van der Waals surface area (Å²) in [6, 6.07) is 10.4. The molecule has 0 atom stereocenters. The molecule has 2 aromatic carbocycles. The van der Waals surface area contributed by atoms with Crippen LogP contribution < -0.4 is 0 Å². The Morgan fingerprint density at radius 2 is 1.96 bits per heavy atom. The summed E-state index contributed by atoms with van der Waals surface area (Å²) in [7, 11) is 0. The van der Waals surface area contributed by atoms with Crippen LogP contribution in [0.25, 0.3) is 10.9 Å². The normalized spacial score (nSPS) is 10.8. The van der Waals surface area contributed by atoms with Gasteiger partial charge in [0, 0.05) is 17.5 Å². The van der Waals surface area contributed by atoms with Crippen LogP contribution in [0.3, 0.4) is 0 Å². The third-order valence-corrected chi connectivity index (χ3v) is 4.88. The number of carbonyl (C=O) groups excluding carboxylic acids is 1. The quantitative estimate of drug-likeness (QED) is 0.602. The van der Waals surface area contributed by atoms with Crippen molar-refractivity contribution in [3.63, 3.8) is 0 Å². The van der Waals surface area contributed by atoms with Gasteiger partial charge in [-0.15, -0.1) is 0 Å². The molecule has 0 saturated carbocycles. The van der Waals surface area contributed by atoms with E-state index in [1.54, 1.807) is 35.0 Å². The number of benzene rings is 2. The first-order chi connectivity index (χ1) is 11.5. The smallest absolute Gasteiger partial charge is 0.213 e. The number of aromatic nitrogens is 2. The van der Waals surface area contributed by atoms with E-state index in [1.165, 1.54) is 0 Å². The molecule has 24 heavy (non-hydrogen) atoms. The zero-order valence-electron chi connectivity index (χ0n) is 12.5. The van der Waals surface area contributed by atoms with Gasteiger partial charge in [-0.3, -0.25) is 9.48 Å². The molecule has 5 nitrogen and oxygen atoms in total. The van der Waals surface area contributed by atoms with Crippen LogP contribution in [-0.2, 0) is 6.54 Å². The molecule has 3 rings (SSSR count). The summed E-state index contributed by atoms with van der Waals surface area (Å²) in [5, 5.41) is 24.0. The Bertz CT molecular complexity index is 996. The minimum atomic E-state index is -0.274. The van der Waals surface area contributed by atoms with E-state index in [4.69, 9.17) is 5.26 Å². The van der Waals surface area contributed by atoms with Crippen molar-refractivity contribution in [3.05, 3.63) is 56.1 Å². The van der Waals surface area contributed by atoms with E-state index in [0.717, 1.165) is 5.52 Å². The SMILES string of the molecule is CCn1nc(C(=O)c2cc(Br)c(O)c(Br)c2)c2cc(C#N)ccc21. The Morgan fingerprint density at radius 1 is 1.29 bits per heavy atom. The number of aromatic hydroxyl groups is 1. The fraction of sp³-hybridized carbons (Fsp3) is 0.118. The number of ketones is 1. The third-order valence-electron chi connectivity index (χ3n) is 3.67. The summed E-state index contributed by atoms with van der Waals surface area (Å²) >= 11 is 6.46. The molecule has 0 fully saturated rings. The minimum Gasteiger partial charge on any atom is -0.506 e. The van der Waals surface area contributed by atoms with Crippen molar-refractivity contribution in [1.82, 2.24) is 9.78 Å². The van der Waals surface area contributed by atoms with Crippen LogP contribution in [0.5, 0.6) is 5.75 Å². The maximum absolute atomic E-state index is 12.9. The molecule has 0 radical (unpaired) electrons. The number of halogens is 2. The van der Waals surface area contributed by atoms with Gasteiger partial charge in [0.05, 0.1) is 26.1 Å². The Kier molecular flexibility index (Phi) is 4.43. The summed E-state index contributed by atoms with van der Waals surface area (Å²) in [6.45, 7) is 2.55. The summed E-state index contributed by atoms with van der Waals surface area (Å²) in [4.78, 5) is 12.9. The van der Waals surface area contributed by atoms with E-state index in [2.05, 4.69) is 43.0 Å². The lowest BCUT2D eigenvalue weighted by Gasteiger charge is -2.04. The van der Waals surface area contributed by atoms with Gasteiger partial charge in [-0.1, -0.05) is 0 Å². The highest BCUT2D eigenvalue weighted by atomic mass is 79.9. The summed E-state index contributed by atoms with van der Waals surface area (Å²) < 4.78 is 2.56. The summed E-state index contributed by atoms with van der Waals surface area (Å²) in [5.74, 6) is -0.244. The highest BCUT2D eigenvalue weighted by Crippen LogP contribution is 2.34. The van der Waals surface area contributed by atoms with Crippen molar-refractivity contribution in [1.29, 1.82) is 5.26 Å². The molecular formula is C17H11Br2N3O2. The maximum Gasteiger partial charge on any atom is 0.213 e. The van der Waals surface area contributed by atoms with Crippen molar-refractivity contribution < 1.29 is 9.90 Å². The number of fused-ring (bicyclic) bond motifs is 1. The second-order valence-electron chi connectivity index (χ2n) is 5.13. The number of phenols is 1. The topological polar surface area (TPSA) is 78.9 Å². The lowest BCUT2D eigenvalue weighted by molar-refractivity contribution is 0.103. The van der Waals surface area contributed by atoms with Gasteiger partial charge in [-0.25, -0.2) is 0 Å². The molecular weight excluding hydrogens is 438 g/mol. The lowest BCUT2D eigenvalue weighted by Crippen LogP contribution is -2.05. The van der Waals surface area contributed by atoms with Crippen molar-refractivity contribution in [2.24, 2.45) is 0 Å². The van der Waals surface area contributed by atoms with Gasteiger partial charge in [0.15, 0.2) is 0 Å². The maximum atomic E-state index is 12.9. The Labute approximate surface area is 154 Å². The lowest BCUT2D eigenvalue weighted by atomic mass is 10.0. The number of phenolic OH excluding ortho intramolecular Hbond substituents is 1. The number of carbonyl (C=O) groups is 1. The molecule has 0 amide bonds. The first-order valence-corrected chi connectivity index (χ1v) is 8.68. The van der Waals surface area contributed by atoms with Crippen LogP contribution in [0.1, 0.15) is 28.5 Å². The molecule has 1 aromatic heterocycles. The fourth-order valence-corrected chi connectivity index (χ4v) is 3.68. The molecule has 7 heteroatoms. The fourth-order valence-electron chi connectivity index (χ4n) is 2.49. The van der Waals surface area contributed by atoms with Gasteiger partial charge >= 0.3 is 0 Å². The Hall–Kier alpha value is -2.17. The van der Waals surface area contributed by atoms with Gasteiger partial charge in [0.2, 0.25) is 5.78 Å². The van der Waals surface area contributed by atoms with Crippen LogP contribution in [0, 0.1) is 11.3 Å². The van der Waals surface area contributed by atoms with Gasteiger partial charge in [0.25, 0.3) is 0 Å². The largest absolute Gasteiger partial charge is 0.506 e. The van der Waals surface area contributed by atoms with E-state index in [0.29, 0.717) is 32.0 Å². The van der Waals surface area contributed by atoms with Crippen LogP contribution >= 0.6 is 31.9 Å². The molecule has 0 aliphatic heterocycles. The molecule has 120 valence electrons. The molecule has 0 bridgehead atoms. The first-order valence-electron chi connectivity index (χ1n) is 7.09. The highest BCUT2D eigenvalue weighted by molar-refractivity contribution is 9.11. The predicted molar refractivity (Wildman–Crippen MR) is 97.1 cm³/mol. The molecule has 0 saturated heterocycles. The van der Waals surface area contributed by atoms with Gasteiger partial charge < -0.3 is 5.11 Å². The average Bonchev–Trinajstić information content (AvgIpc) is 2.96. The van der Waals surface area contributed by atoms with Crippen LogP contribution in [-0.4, -0.2) is 20.7 Å². The third kappa shape index (κ3) is 2.72. The molecule has 0 aliphatic carbocycles. The number of nitrogens with zero attached hydrogens (tertiary/aromatic N) is 3. The van der Waals surface area contributed by atoms with E-state index >= 15 is 0 Å². The van der Waals surface area contributed by atoms with E-state index in [1.807, 2.05) is 6.92 Å².